The number of aryl methyl sites for hydroxylation is 2. The van der Waals surface area contributed by atoms with E-state index in [2.05, 4.69) is 23.8 Å². The Morgan fingerprint density at radius 1 is 1.35 bits per heavy atom. The van der Waals surface area contributed by atoms with Crippen LogP contribution in [0.4, 0.5) is 0 Å². The second-order valence-corrected chi connectivity index (χ2v) is 4.07. The summed E-state index contributed by atoms with van der Waals surface area (Å²) in [5.74, 6) is 0.803. The average Bonchev–Trinajstić information content (AvgIpc) is 2.59. The smallest absolute Gasteiger partial charge is 0.216 e. The summed E-state index contributed by atoms with van der Waals surface area (Å²) >= 11 is 0. The number of nitrogens with zero attached hydrogens (tertiary/aromatic N) is 3. The molecule has 5 nitrogen and oxygen atoms in total. The molecule has 1 rings (SSSR count). The molecule has 17 heavy (non-hydrogen) atoms. The molecule has 1 aromatic rings. The van der Waals surface area contributed by atoms with E-state index in [9.17, 15) is 0 Å². The van der Waals surface area contributed by atoms with E-state index in [-0.39, 0.29) is 0 Å². The fourth-order valence-corrected chi connectivity index (χ4v) is 1.91. The summed E-state index contributed by atoms with van der Waals surface area (Å²) in [6.07, 6.45) is 0. The highest BCUT2D eigenvalue weighted by atomic mass is 16.5. The number of ether oxygens (including phenoxy) is 1. The standard InChI is InChI=1S/C12H24N4O/c1-5-16(6-2)7-8-17-12-11(9-13)10(3)14-15(12)4/h5-9,13H2,1-4H3. The van der Waals surface area contributed by atoms with Gasteiger partial charge in [0.25, 0.3) is 0 Å². The van der Waals surface area contributed by atoms with Crippen molar-refractivity contribution in [2.75, 3.05) is 26.2 Å². The minimum Gasteiger partial charge on any atom is -0.476 e. The van der Waals surface area contributed by atoms with Crippen LogP contribution >= 0.6 is 0 Å². The number of hydrogen-bond acceptors (Lipinski definition) is 4. The first-order valence-electron chi connectivity index (χ1n) is 6.21. The first-order chi connectivity index (χ1) is 8.13. The van der Waals surface area contributed by atoms with Crippen molar-refractivity contribution < 1.29 is 4.74 Å². The monoisotopic (exact) mass is 240 g/mol. The molecule has 0 aliphatic rings. The van der Waals surface area contributed by atoms with Crippen molar-refractivity contribution in [2.45, 2.75) is 27.3 Å². The van der Waals surface area contributed by atoms with Gasteiger partial charge in [-0.25, -0.2) is 4.68 Å². The second-order valence-electron chi connectivity index (χ2n) is 4.07. The SMILES string of the molecule is CCN(CC)CCOc1c(CN)c(C)nn1C. The van der Waals surface area contributed by atoms with Gasteiger partial charge in [-0.1, -0.05) is 13.8 Å². The Bertz CT molecular complexity index is 345. The Kier molecular flexibility index (Phi) is 5.44. The van der Waals surface area contributed by atoms with Crippen molar-refractivity contribution in [3.63, 3.8) is 0 Å². The molecule has 0 spiro atoms. The van der Waals surface area contributed by atoms with Crippen molar-refractivity contribution in [3.05, 3.63) is 11.3 Å². The summed E-state index contributed by atoms with van der Waals surface area (Å²) < 4.78 is 7.56. The summed E-state index contributed by atoms with van der Waals surface area (Å²) in [7, 11) is 1.89. The van der Waals surface area contributed by atoms with Crippen molar-refractivity contribution in [1.29, 1.82) is 0 Å². The molecule has 0 saturated heterocycles. The second kappa shape index (κ2) is 6.61. The molecule has 0 bridgehead atoms. The number of nitrogens with two attached hydrogens (primary N) is 1. The lowest BCUT2D eigenvalue weighted by molar-refractivity contribution is 0.211. The van der Waals surface area contributed by atoms with Gasteiger partial charge in [-0.2, -0.15) is 5.10 Å². The summed E-state index contributed by atoms with van der Waals surface area (Å²) in [6, 6.07) is 0. The van der Waals surface area contributed by atoms with Gasteiger partial charge in [0.15, 0.2) is 0 Å². The third-order valence-corrected chi connectivity index (χ3v) is 3.03. The van der Waals surface area contributed by atoms with Crippen LogP contribution in [0.3, 0.4) is 0 Å². The predicted molar refractivity (Wildman–Crippen MR) is 69.1 cm³/mol. The van der Waals surface area contributed by atoms with Crippen molar-refractivity contribution >= 4 is 0 Å². The lowest BCUT2D eigenvalue weighted by Gasteiger charge is -2.18. The highest BCUT2D eigenvalue weighted by Crippen LogP contribution is 2.20. The molecule has 0 fully saturated rings. The average molecular weight is 240 g/mol. The zero-order valence-electron chi connectivity index (χ0n) is 11.4. The quantitative estimate of drug-likeness (QED) is 0.769. The molecule has 0 amide bonds. The van der Waals surface area contributed by atoms with Gasteiger partial charge in [-0.05, 0) is 20.0 Å². The van der Waals surface area contributed by atoms with Crippen molar-refractivity contribution in [3.8, 4) is 5.88 Å². The summed E-state index contributed by atoms with van der Waals surface area (Å²) in [4.78, 5) is 2.32. The van der Waals surface area contributed by atoms with E-state index in [4.69, 9.17) is 10.5 Å². The van der Waals surface area contributed by atoms with E-state index < -0.39 is 0 Å². The number of rotatable bonds is 7. The zero-order valence-corrected chi connectivity index (χ0v) is 11.4. The molecular weight excluding hydrogens is 216 g/mol. The summed E-state index contributed by atoms with van der Waals surface area (Å²) in [5.41, 5.74) is 7.66. The van der Waals surface area contributed by atoms with Crippen LogP contribution in [0.5, 0.6) is 5.88 Å². The van der Waals surface area contributed by atoms with E-state index in [0.717, 1.165) is 36.8 Å². The Hall–Kier alpha value is -1.07. The van der Waals surface area contributed by atoms with Crippen LogP contribution in [-0.2, 0) is 13.6 Å². The van der Waals surface area contributed by atoms with Gasteiger partial charge in [0, 0.05) is 20.1 Å². The first kappa shape index (κ1) is 14.0. The zero-order chi connectivity index (χ0) is 12.8. The maximum absolute atomic E-state index is 5.79. The fourth-order valence-electron chi connectivity index (χ4n) is 1.91. The Morgan fingerprint density at radius 2 is 2.00 bits per heavy atom. The summed E-state index contributed by atoms with van der Waals surface area (Å²) in [5, 5.41) is 4.32. The molecule has 0 atom stereocenters. The highest BCUT2D eigenvalue weighted by molar-refractivity contribution is 5.30. The molecule has 2 N–H and O–H groups in total. The lowest BCUT2D eigenvalue weighted by Crippen LogP contribution is -2.28. The van der Waals surface area contributed by atoms with Crippen LogP contribution in [0.15, 0.2) is 0 Å². The Balaban J connectivity index is 2.57. The van der Waals surface area contributed by atoms with Gasteiger partial charge in [-0.15, -0.1) is 0 Å². The van der Waals surface area contributed by atoms with E-state index in [1.807, 2.05) is 14.0 Å². The van der Waals surface area contributed by atoms with Gasteiger partial charge in [-0.3, -0.25) is 0 Å². The van der Waals surface area contributed by atoms with Gasteiger partial charge in [0.05, 0.1) is 11.3 Å². The largest absolute Gasteiger partial charge is 0.476 e. The normalized spacial score (nSPS) is 11.2. The van der Waals surface area contributed by atoms with Gasteiger partial charge >= 0.3 is 0 Å². The minimum absolute atomic E-state index is 0.472. The van der Waals surface area contributed by atoms with E-state index in [1.54, 1.807) is 4.68 Å². The first-order valence-corrected chi connectivity index (χ1v) is 6.21. The van der Waals surface area contributed by atoms with Gasteiger partial charge in [0.2, 0.25) is 5.88 Å². The molecule has 0 unspecified atom stereocenters. The predicted octanol–water partition coefficient (Wildman–Crippen LogP) is 0.908. The van der Waals surface area contributed by atoms with Gasteiger partial charge < -0.3 is 15.4 Å². The van der Waals surface area contributed by atoms with E-state index in [0.29, 0.717) is 13.2 Å². The van der Waals surface area contributed by atoms with Crippen molar-refractivity contribution in [1.82, 2.24) is 14.7 Å². The maximum atomic E-state index is 5.79. The molecule has 1 heterocycles. The van der Waals surface area contributed by atoms with Crippen LogP contribution in [0.2, 0.25) is 0 Å². The number of hydrogen-bond donors (Lipinski definition) is 1. The van der Waals surface area contributed by atoms with Crippen LogP contribution in [-0.4, -0.2) is 40.9 Å². The fraction of sp³-hybridized carbons (Fsp3) is 0.750. The molecule has 5 heteroatoms. The van der Waals surface area contributed by atoms with E-state index in [1.165, 1.54) is 0 Å². The Morgan fingerprint density at radius 3 is 2.53 bits per heavy atom. The van der Waals surface area contributed by atoms with Crippen LogP contribution in [0.1, 0.15) is 25.1 Å². The van der Waals surface area contributed by atoms with Gasteiger partial charge in [0.1, 0.15) is 6.61 Å². The van der Waals surface area contributed by atoms with Crippen molar-refractivity contribution in [2.24, 2.45) is 12.8 Å². The maximum Gasteiger partial charge on any atom is 0.216 e. The molecular formula is C12H24N4O. The third-order valence-electron chi connectivity index (χ3n) is 3.03. The van der Waals surface area contributed by atoms with Crippen LogP contribution in [0, 0.1) is 6.92 Å². The third kappa shape index (κ3) is 3.44. The molecule has 0 aliphatic carbocycles. The number of aromatic nitrogens is 2. The van der Waals surface area contributed by atoms with Crippen LogP contribution < -0.4 is 10.5 Å². The minimum atomic E-state index is 0.472. The molecule has 0 aliphatic heterocycles. The highest BCUT2D eigenvalue weighted by Gasteiger charge is 2.13. The van der Waals surface area contributed by atoms with E-state index >= 15 is 0 Å². The summed E-state index contributed by atoms with van der Waals surface area (Å²) in [6.45, 7) is 10.4. The Labute approximate surface area is 104 Å². The number of likely N-dealkylation sites (N-methyl/N-ethyl adjacent to an activating group) is 1. The molecule has 0 radical (unpaired) electrons. The van der Waals surface area contributed by atoms with Crippen LogP contribution in [0.25, 0.3) is 0 Å². The molecule has 0 aromatic carbocycles. The lowest BCUT2D eigenvalue weighted by atomic mass is 10.2. The molecule has 98 valence electrons. The molecule has 1 aromatic heterocycles. The molecule has 0 saturated carbocycles. The topological polar surface area (TPSA) is 56.3 Å².